The number of ketones is 1. The number of Topliss-reactive ketones (excluding diaryl/α,β-unsaturated/α-hetero) is 1. The van der Waals surface area contributed by atoms with Crippen LogP contribution in [0.15, 0.2) is 30.3 Å². The van der Waals surface area contributed by atoms with E-state index in [2.05, 4.69) is 15.9 Å². The van der Waals surface area contributed by atoms with Crippen molar-refractivity contribution in [3.8, 4) is 0 Å². The predicted molar refractivity (Wildman–Crippen MR) is 83.2 cm³/mol. The highest BCUT2D eigenvalue weighted by Crippen LogP contribution is 2.19. The normalized spacial score (nSPS) is 18.6. The van der Waals surface area contributed by atoms with Crippen LogP contribution in [-0.4, -0.2) is 46.2 Å². The molecule has 2 rings (SSSR count). The fraction of sp³-hybridized carbons (Fsp3) is 0.429. The maximum absolute atomic E-state index is 12.1. The summed E-state index contributed by atoms with van der Waals surface area (Å²) in [7, 11) is 0. The van der Waals surface area contributed by atoms with Gasteiger partial charge in [-0.25, -0.2) is 4.79 Å². The Morgan fingerprint density at radius 1 is 1.35 bits per heavy atom. The highest BCUT2D eigenvalue weighted by Gasteiger charge is 2.32. The van der Waals surface area contributed by atoms with E-state index in [0.717, 1.165) is 11.3 Å². The molecule has 1 aliphatic heterocycles. The van der Waals surface area contributed by atoms with Crippen LogP contribution < -0.4 is 0 Å². The SMILES string of the molecule is O=C(CBr)C1CSCCN1C(=O)OCc1ccccc1. The minimum Gasteiger partial charge on any atom is -0.445 e. The van der Waals surface area contributed by atoms with E-state index in [-0.39, 0.29) is 23.8 Å². The Kier molecular flexibility index (Phi) is 5.91. The second-order valence-corrected chi connectivity index (χ2v) is 6.13. The highest BCUT2D eigenvalue weighted by molar-refractivity contribution is 9.09. The first-order valence-electron chi connectivity index (χ1n) is 6.36. The summed E-state index contributed by atoms with van der Waals surface area (Å²) in [5, 5.41) is 0.265. The Morgan fingerprint density at radius 3 is 2.80 bits per heavy atom. The van der Waals surface area contributed by atoms with Gasteiger partial charge in [-0.05, 0) is 5.56 Å². The number of hydrogen-bond acceptors (Lipinski definition) is 4. The second kappa shape index (κ2) is 7.69. The number of alkyl halides is 1. The van der Waals surface area contributed by atoms with Gasteiger partial charge in [-0.15, -0.1) is 0 Å². The summed E-state index contributed by atoms with van der Waals surface area (Å²) in [4.78, 5) is 25.5. The van der Waals surface area contributed by atoms with Crippen molar-refractivity contribution in [3.05, 3.63) is 35.9 Å². The number of benzene rings is 1. The van der Waals surface area contributed by atoms with E-state index >= 15 is 0 Å². The summed E-state index contributed by atoms with van der Waals surface area (Å²) in [5.74, 6) is 1.51. The minimum absolute atomic E-state index is 0.0221. The number of carbonyl (C=O) groups excluding carboxylic acids is 2. The molecule has 0 N–H and O–H groups in total. The molecule has 1 aliphatic rings. The molecule has 0 aliphatic carbocycles. The van der Waals surface area contributed by atoms with Gasteiger partial charge in [0.15, 0.2) is 5.78 Å². The lowest BCUT2D eigenvalue weighted by Gasteiger charge is -2.33. The number of rotatable bonds is 4. The molecular formula is C14H16BrNO3S. The molecule has 1 heterocycles. The third kappa shape index (κ3) is 3.99. The van der Waals surface area contributed by atoms with Gasteiger partial charge in [-0.3, -0.25) is 9.69 Å². The van der Waals surface area contributed by atoms with E-state index in [0.29, 0.717) is 12.3 Å². The predicted octanol–water partition coefficient (Wildman–Crippen LogP) is 2.70. The van der Waals surface area contributed by atoms with E-state index in [4.69, 9.17) is 4.74 Å². The Bertz CT molecular complexity index is 469. The van der Waals surface area contributed by atoms with Gasteiger partial charge >= 0.3 is 6.09 Å². The van der Waals surface area contributed by atoms with E-state index in [9.17, 15) is 9.59 Å². The van der Waals surface area contributed by atoms with Crippen LogP contribution in [0.25, 0.3) is 0 Å². The third-order valence-electron chi connectivity index (χ3n) is 3.07. The van der Waals surface area contributed by atoms with Crippen molar-refractivity contribution in [2.75, 3.05) is 23.4 Å². The minimum atomic E-state index is -0.409. The molecule has 0 radical (unpaired) electrons. The van der Waals surface area contributed by atoms with Crippen molar-refractivity contribution >= 4 is 39.6 Å². The molecule has 1 aromatic rings. The summed E-state index contributed by atoms with van der Waals surface area (Å²) in [6.07, 6.45) is -0.409. The maximum Gasteiger partial charge on any atom is 0.410 e. The summed E-state index contributed by atoms with van der Waals surface area (Å²) in [6, 6.07) is 9.14. The third-order valence-corrected chi connectivity index (χ3v) is 4.65. The number of ether oxygens (including phenoxy) is 1. The van der Waals surface area contributed by atoms with Crippen molar-refractivity contribution in [1.29, 1.82) is 0 Å². The molecule has 1 fully saturated rings. The largest absolute Gasteiger partial charge is 0.445 e. The fourth-order valence-corrected chi connectivity index (χ4v) is 3.44. The van der Waals surface area contributed by atoms with Crippen LogP contribution in [0.4, 0.5) is 4.79 Å². The van der Waals surface area contributed by atoms with Gasteiger partial charge in [0.2, 0.25) is 0 Å². The molecular weight excluding hydrogens is 342 g/mol. The van der Waals surface area contributed by atoms with E-state index in [1.165, 1.54) is 0 Å². The molecule has 20 heavy (non-hydrogen) atoms. The standard InChI is InChI=1S/C14H16BrNO3S/c15-8-13(17)12-10-20-7-6-16(12)14(18)19-9-11-4-2-1-3-5-11/h1-5,12H,6-10H2. The lowest BCUT2D eigenvalue weighted by molar-refractivity contribution is -0.120. The summed E-state index contributed by atoms with van der Waals surface area (Å²) >= 11 is 4.86. The van der Waals surface area contributed by atoms with Gasteiger partial charge in [-0.1, -0.05) is 46.3 Å². The molecule has 6 heteroatoms. The number of nitrogens with zero attached hydrogens (tertiary/aromatic N) is 1. The molecule has 0 bridgehead atoms. The topological polar surface area (TPSA) is 46.6 Å². The van der Waals surface area contributed by atoms with Gasteiger partial charge in [0, 0.05) is 18.1 Å². The molecule has 1 unspecified atom stereocenters. The number of amides is 1. The average molecular weight is 358 g/mol. The van der Waals surface area contributed by atoms with Crippen molar-refractivity contribution < 1.29 is 14.3 Å². The Morgan fingerprint density at radius 2 is 2.10 bits per heavy atom. The van der Waals surface area contributed by atoms with Crippen molar-refractivity contribution in [1.82, 2.24) is 4.90 Å². The van der Waals surface area contributed by atoms with Crippen molar-refractivity contribution in [2.24, 2.45) is 0 Å². The van der Waals surface area contributed by atoms with Gasteiger partial charge in [0.05, 0.1) is 5.33 Å². The molecule has 1 saturated heterocycles. The molecule has 0 saturated carbocycles. The number of hydrogen-bond donors (Lipinski definition) is 0. The van der Waals surface area contributed by atoms with Gasteiger partial charge < -0.3 is 4.74 Å². The first-order chi connectivity index (χ1) is 9.72. The smallest absolute Gasteiger partial charge is 0.410 e. The molecule has 108 valence electrons. The average Bonchev–Trinajstić information content (AvgIpc) is 2.52. The summed E-state index contributed by atoms with van der Waals surface area (Å²) < 4.78 is 5.30. The van der Waals surface area contributed by atoms with Crippen molar-refractivity contribution in [2.45, 2.75) is 12.6 Å². The Hall–Kier alpha value is -1.01. The van der Waals surface area contributed by atoms with Crippen LogP contribution in [0, 0.1) is 0 Å². The maximum atomic E-state index is 12.1. The molecule has 1 atom stereocenters. The van der Waals surface area contributed by atoms with Gasteiger partial charge in [-0.2, -0.15) is 11.8 Å². The van der Waals surface area contributed by atoms with E-state index in [1.807, 2.05) is 30.3 Å². The molecule has 1 amide bonds. The lowest BCUT2D eigenvalue weighted by atomic mass is 10.2. The molecule has 1 aromatic carbocycles. The van der Waals surface area contributed by atoms with Crippen LogP contribution in [0.3, 0.4) is 0 Å². The monoisotopic (exact) mass is 357 g/mol. The van der Waals surface area contributed by atoms with Crippen LogP contribution in [-0.2, 0) is 16.1 Å². The van der Waals surface area contributed by atoms with Crippen LogP contribution in [0.1, 0.15) is 5.56 Å². The Labute approximate surface area is 131 Å². The second-order valence-electron chi connectivity index (χ2n) is 4.42. The zero-order chi connectivity index (χ0) is 14.4. The van der Waals surface area contributed by atoms with Crippen LogP contribution >= 0.6 is 27.7 Å². The first-order valence-corrected chi connectivity index (χ1v) is 8.63. The Balaban J connectivity index is 1.94. The highest BCUT2D eigenvalue weighted by atomic mass is 79.9. The zero-order valence-electron chi connectivity index (χ0n) is 11.0. The van der Waals surface area contributed by atoms with Gasteiger partial charge in [0.25, 0.3) is 0 Å². The number of carbonyl (C=O) groups is 2. The van der Waals surface area contributed by atoms with Crippen molar-refractivity contribution in [3.63, 3.8) is 0 Å². The van der Waals surface area contributed by atoms with E-state index < -0.39 is 6.09 Å². The zero-order valence-corrected chi connectivity index (χ0v) is 13.4. The van der Waals surface area contributed by atoms with E-state index in [1.54, 1.807) is 16.7 Å². The lowest BCUT2D eigenvalue weighted by Crippen LogP contribution is -2.50. The molecule has 0 aromatic heterocycles. The fourth-order valence-electron chi connectivity index (χ4n) is 1.98. The molecule has 4 nitrogen and oxygen atoms in total. The quantitative estimate of drug-likeness (QED) is 0.777. The van der Waals surface area contributed by atoms with Crippen LogP contribution in [0.2, 0.25) is 0 Å². The van der Waals surface area contributed by atoms with Crippen LogP contribution in [0.5, 0.6) is 0 Å². The summed E-state index contributed by atoms with van der Waals surface area (Å²) in [5.41, 5.74) is 0.940. The summed E-state index contributed by atoms with van der Waals surface area (Å²) in [6.45, 7) is 0.792. The first kappa shape index (κ1) is 15.4. The number of thioether (sulfide) groups is 1. The molecule has 0 spiro atoms. The van der Waals surface area contributed by atoms with Gasteiger partial charge in [0.1, 0.15) is 12.6 Å². The number of halogens is 1.